The maximum atomic E-state index is 5.03. The number of hydrogen-bond donors (Lipinski definition) is 0. The molecule has 0 bridgehead atoms. The van der Waals surface area contributed by atoms with Gasteiger partial charge < -0.3 is 9.64 Å². The van der Waals surface area contributed by atoms with Crippen LogP contribution in [-0.4, -0.2) is 37.2 Å². The average molecular weight is 187 g/mol. The van der Waals surface area contributed by atoms with Gasteiger partial charge in [-0.1, -0.05) is 0 Å². The molecule has 0 spiro atoms. The summed E-state index contributed by atoms with van der Waals surface area (Å²) in [4.78, 5) is 2.37. The molecule has 0 saturated carbocycles. The summed E-state index contributed by atoms with van der Waals surface area (Å²) in [5.74, 6) is 0.719. The molecule has 2 nitrogen and oxygen atoms in total. The summed E-state index contributed by atoms with van der Waals surface area (Å²) >= 11 is 5.03. The van der Waals surface area contributed by atoms with Crippen molar-refractivity contribution in [1.29, 1.82) is 0 Å². The van der Waals surface area contributed by atoms with E-state index in [4.69, 9.17) is 17.0 Å². The quantitative estimate of drug-likeness (QED) is 0.610. The van der Waals surface area contributed by atoms with Gasteiger partial charge in [0.1, 0.15) is 0 Å². The molecule has 12 heavy (non-hydrogen) atoms. The molecule has 0 aromatic carbocycles. The van der Waals surface area contributed by atoms with Gasteiger partial charge in [-0.2, -0.15) is 0 Å². The molecule has 1 saturated heterocycles. The number of piperidine rings is 1. The lowest BCUT2D eigenvalue weighted by atomic mass is 9.95. The molecule has 0 amide bonds. The van der Waals surface area contributed by atoms with E-state index in [9.17, 15) is 0 Å². The van der Waals surface area contributed by atoms with E-state index >= 15 is 0 Å². The van der Waals surface area contributed by atoms with Crippen molar-refractivity contribution in [1.82, 2.24) is 4.90 Å². The zero-order valence-electron chi connectivity index (χ0n) is 7.88. The van der Waals surface area contributed by atoms with Crippen LogP contribution in [0.15, 0.2) is 0 Å². The minimum Gasteiger partial charge on any atom is -0.490 e. The SMILES string of the molecule is COC(=S)CC1CCCN(C)C1. The first-order valence-electron chi connectivity index (χ1n) is 4.47. The molecule has 70 valence electrons. The van der Waals surface area contributed by atoms with E-state index in [-0.39, 0.29) is 0 Å². The van der Waals surface area contributed by atoms with Gasteiger partial charge in [-0.15, -0.1) is 0 Å². The van der Waals surface area contributed by atoms with Crippen molar-refractivity contribution in [3.8, 4) is 0 Å². The van der Waals surface area contributed by atoms with Crippen molar-refractivity contribution >= 4 is 17.3 Å². The zero-order valence-corrected chi connectivity index (χ0v) is 8.69. The lowest BCUT2D eigenvalue weighted by molar-refractivity contribution is 0.209. The van der Waals surface area contributed by atoms with Crippen molar-refractivity contribution in [2.75, 3.05) is 27.2 Å². The Bertz CT molecular complexity index is 161. The van der Waals surface area contributed by atoms with Crippen molar-refractivity contribution in [2.45, 2.75) is 19.3 Å². The van der Waals surface area contributed by atoms with Crippen LogP contribution in [0.25, 0.3) is 0 Å². The van der Waals surface area contributed by atoms with Gasteiger partial charge in [0.15, 0.2) is 5.05 Å². The molecular weight excluding hydrogens is 170 g/mol. The molecule has 1 unspecified atom stereocenters. The molecule has 1 aliphatic heterocycles. The van der Waals surface area contributed by atoms with Gasteiger partial charge in [0.2, 0.25) is 0 Å². The van der Waals surface area contributed by atoms with Crippen LogP contribution < -0.4 is 0 Å². The van der Waals surface area contributed by atoms with Gasteiger partial charge in [0.25, 0.3) is 0 Å². The first kappa shape index (κ1) is 9.93. The zero-order chi connectivity index (χ0) is 8.97. The molecular formula is C9H17NOS. The molecule has 3 heteroatoms. The summed E-state index contributed by atoms with van der Waals surface area (Å²) in [5, 5.41) is 0.760. The van der Waals surface area contributed by atoms with Crippen LogP contribution in [0.4, 0.5) is 0 Å². The molecule has 0 radical (unpaired) electrons. The lowest BCUT2D eigenvalue weighted by Gasteiger charge is -2.29. The van der Waals surface area contributed by atoms with Crippen LogP contribution >= 0.6 is 12.2 Å². The second-order valence-electron chi connectivity index (χ2n) is 3.55. The van der Waals surface area contributed by atoms with E-state index < -0.39 is 0 Å². The van der Waals surface area contributed by atoms with Crippen molar-refractivity contribution in [3.63, 3.8) is 0 Å². The van der Waals surface area contributed by atoms with Crippen LogP contribution in [0, 0.1) is 5.92 Å². The monoisotopic (exact) mass is 187 g/mol. The minimum atomic E-state index is 0.719. The van der Waals surface area contributed by atoms with Crippen LogP contribution in [0.5, 0.6) is 0 Å². The largest absolute Gasteiger partial charge is 0.490 e. The Morgan fingerprint density at radius 1 is 1.67 bits per heavy atom. The Hall–Kier alpha value is -0.150. The van der Waals surface area contributed by atoms with Crippen molar-refractivity contribution < 1.29 is 4.74 Å². The summed E-state index contributed by atoms with van der Waals surface area (Å²) in [6, 6.07) is 0. The highest BCUT2D eigenvalue weighted by molar-refractivity contribution is 7.80. The van der Waals surface area contributed by atoms with Crippen molar-refractivity contribution in [2.24, 2.45) is 5.92 Å². The first-order valence-corrected chi connectivity index (χ1v) is 4.88. The predicted octanol–water partition coefficient (Wildman–Crippen LogP) is 1.69. The highest BCUT2D eigenvalue weighted by Crippen LogP contribution is 2.18. The molecule has 0 N–H and O–H groups in total. The fourth-order valence-electron chi connectivity index (χ4n) is 1.76. The van der Waals surface area contributed by atoms with E-state index in [2.05, 4.69) is 11.9 Å². The summed E-state index contributed by atoms with van der Waals surface area (Å²) in [5.41, 5.74) is 0. The summed E-state index contributed by atoms with van der Waals surface area (Å²) < 4.78 is 5.00. The lowest BCUT2D eigenvalue weighted by Crippen LogP contribution is -2.33. The Kier molecular flexibility index (Phi) is 3.95. The number of likely N-dealkylation sites (tertiary alicyclic amines) is 1. The van der Waals surface area contributed by atoms with Crippen LogP contribution in [0.2, 0.25) is 0 Å². The smallest absolute Gasteiger partial charge is 0.159 e. The van der Waals surface area contributed by atoms with Gasteiger partial charge >= 0.3 is 0 Å². The molecule has 0 aromatic heterocycles. The molecule has 0 aromatic rings. The summed E-state index contributed by atoms with van der Waals surface area (Å²) in [6.45, 7) is 2.40. The maximum absolute atomic E-state index is 5.03. The highest BCUT2D eigenvalue weighted by atomic mass is 32.1. The van der Waals surface area contributed by atoms with E-state index in [1.54, 1.807) is 7.11 Å². The van der Waals surface area contributed by atoms with E-state index in [1.807, 2.05) is 0 Å². The number of rotatable bonds is 2. The molecule has 1 fully saturated rings. The molecule has 1 aliphatic rings. The van der Waals surface area contributed by atoms with E-state index in [1.165, 1.54) is 25.9 Å². The Balaban J connectivity index is 2.27. The number of methoxy groups -OCH3 is 1. The highest BCUT2D eigenvalue weighted by Gasteiger charge is 2.18. The second kappa shape index (κ2) is 4.77. The number of nitrogens with zero attached hydrogens (tertiary/aromatic N) is 1. The fraction of sp³-hybridized carbons (Fsp3) is 0.889. The topological polar surface area (TPSA) is 12.5 Å². The first-order chi connectivity index (χ1) is 5.72. The van der Waals surface area contributed by atoms with Gasteiger partial charge in [-0.05, 0) is 44.6 Å². The molecule has 0 aliphatic carbocycles. The standard InChI is InChI=1S/C9H17NOS/c1-10-5-3-4-8(7-10)6-9(12)11-2/h8H,3-7H2,1-2H3. The molecule has 1 atom stereocenters. The van der Waals surface area contributed by atoms with Gasteiger partial charge in [0.05, 0.1) is 7.11 Å². The van der Waals surface area contributed by atoms with E-state index in [0.717, 1.165) is 17.4 Å². The third-order valence-electron chi connectivity index (χ3n) is 2.41. The number of thiocarbonyl (C=S) groups is 1. The van der Waals surface area contributed by atoms with Gasteiger partial charge in [-0.25, -0.2) is 0 Å². The Morgan fingerprint density at radius 2 is 2.42 bits per heavy atom. The second-order valence-corrected chi connectivity index (χ2v) is 4.01. The molecule has 1 heterocycles. The van der Waals surface area contributed by atoms with Crippen LogP contribution in [-0.2, 0) is 4.74 Å². The average Bonchev–Trinajstić information content (AvgIpc) is 2.04. The Morgan fingerprint density at radius 3 is 3.00 bits per heavy atom. The number of ether oxygens (including phenoxy) is 1. The summed E-state index contributed by atoms with van der Waals surface area (Å²) in [7, 11) is 3.83. The Labute approximate surface area is 79.9 Å². The normalized spacial score (nSPS) is 25.3. The molecule has 1 rings (SSSR count). The van der Waals surface area contributed by atoms with Crippen molar-refractivity contribution in [3.05, 3.63) is 0 Å². The van der Waals surface area contributed by atoms with E-state index in [0.29, 0.717) is 0 Å². The van der Waals surface area contributed by atoms with Gasteiger partial charge in [0, 0.05) is 13.0 Å². The maximum Gasteiger partial charge on any atom is 0.159 e. The fourth-order valence-corrected chi connectivity index (χ4v) is 1.99. The third kappa shape index (κ3) is 3.07. The minimum absolute atomic E-state index is 0.719. The predicted molar refractivity (Wildman–Crippen MR) is 54.4 cm³/mol. The third-order valence-corrected chi connectivity index (χ3v) is 2.74. The summed E-state index contributed by atoms with van der Waals surface area (Å²) in [6.07, 6.45) is 3.55. The number of hydrogen-bond acceptors (Lipinski definition) is 3. The van der Waals surface area contributed by atoms with Gasteiger partial charge in [-0.3, -0.25) is 0 Å². The van der Waals surface area contributed by atoms with Crippen LogP contribution in [0.1, 0.15) is 19.3 Å². The van der Waals surface area contributed by atoms with Crippen LogP contribution in [0.3, 0.4) is 0 Å².